The van der Waals surface area contributed by atoms with Gasteiger partial charge in [-0.2, -0.15) is 0 Å². The monoisotopic (exact) mass is 272 g/mol. The average Bonchev–Trinajstić information content (AvgIpc) is 2.46. The minimum atomic E-state index is -0.376. The van der Waals surface area contributed by atoms with Crippen molar-refractivity contribution < 1.29 is 4.92 Å². The summed E-state index contributed by atoms with van der Waals surface area (Å²) in [7, 11) is 0. The van der Waals surface area contributed by atoms with Gasteiger partial charge < -0.3 is 10.2 Å². The van der Waals surface area contributed by atoms with Gasteiger partial charge in [0.1, 0.15) is 5.82 Å². The lowest BCUT2D eigenvalue weighted by atomic mass is 10.1. The normalized spacial score (nSPS) is 15.6. The lowest BCUT2D eigenvalue weighted by molar-refractivity contribution is -0.384. The van der Waals surface area contributed by atoms with Crippen LogP contribution in [0.5, 0.6) is 0 Å². The number of non-ortho nitro benzene ring substituents is 1. The SMILES string of the molecule is Cc1cc2cc([N+](=O)[O-])ccc2nc1N1CCNCC1. The summed E-state index contributed by atoms with van der Waals surface area (Å²) >= 11 is 0. The van der Waals surface area contributed by atoms with Crippen molar-refractivity contribution in [2.75, 3.05) is 31.1 Å². The van der Waals surface area contributed by atoms with Crippen molar-refractivity contribution in [3.05, 3.63) is 39.9 Å². The van der Waals surface area contributed by atoms with E-state index in [9.17, 15) is 10.1 Å². The fraction of sp³-hybridized carbons (Fsp3) is 0.357. The lowest BCUT2D eigenvalue weighted by Gasteiger charge is -2.29. The summed E-state index contributed by atoms with van der Waals surface area (Å²) in [6.45, 7) is 5.79. The van der Waals surface area contributed by atoms with Crippen LogP contribution in [-0.4, -0.2) is 36.1 Å². The summed E-state index contributed by atoms with van der Waals surface area (Å²) in [5.41, 5.74) is 1.96. The van der Waals surface area contributed by atoms with E-state index in [-0.39, 0.29) is 10.6 Å². The van der Waals surface area contributed by atoms with E-state index in [1.165, 1.54) is 6.07 Å². The van der Waals surface area contributed by atoms with Crippen LogP contribution in [0.3, 0.4) is 0 Å². The van der Waals surface area contributed by atoms with Gasteiger partial charge in [0.15, 0.2) is 0 Å². The highest BCUT2D eigenvalue weighted by Crippen LogP contribution is 2.26. The Morgan fingerprint density at radius 3 is 2.75 bits per heavy atom. The molecule has 0 bridgehead atoms. The third-order valence-electron chi connectivity index (χ3n) is 3.59. The first kappa shape index (κ1) is 12.8. The van der Waals surface area contributed by atoms with Gasteiger partial charge in [-0.1, -0.05) is 0 Å². The molecule has 1 aromatic carbocycles. The van der Waals surface area contributed by atoms with E-state index in [1.807, 2.05) is 13.0 Å². The van der Waals surface area contributed by atoms with E-state index in [1.54, 1.807) is 12.1 Å². The van der Waals surface area contributed by atoms with Gasteiger partial charge in [0.2, 0.25) is 0 Å². The van der Waals surface area contributed by atoms with Crippen LogP contribution < -0.4 is 10.2 Å². The van der Waals surface area contributed by atoms with E-state index in [0.29, 0.717) is 0 Å². The molecular weight excluding hydrogens is 256 g/mol. The Hall–Kier alpha value is -2.21. The van der Waals surface area contributed by atoms with Crippen molar-refractivity contribution in [3.8, 4) is 0 Å². The van der Waals surface area contributed by atoms with Crippen LogP contribution in [0.4, 0.5) is 11.5 Å². The van der Waals surface area contributed by atoms with Crippen molar-refractivity contribution in [2.24, 2.45) is 0 Å². The van der Waals surface area contributed by atoms with Crippen LogP contribution in [0, 0.1) is 17.0 Å². The molecule has 0 saturated carbocycles. The maximum Gasteiger partial charge on any atom is 0.270 e. The Morgan fingerprint density at radius 2 is 2.05 bits per heavy atom. The second kappa shape index (κ2) is 5.05. The molecule has 1 fully saturated rings. The number of nitro groups is 1. The van der Waals surface area contributed by atoms with Crippen LogP contribution in [0.25, 0.3) is 10.9 Å². The Balaban J connectivity index is 2.05. The molecule has 104 valence electrons. The molecule has 6 heteroatoms. The number of piperazine rings is 1. The molecule has 1 aliphatic heterocycles. The number of rotatable bonds is 2. The van der Waals surface area contributed by atoms with Gasteiger partial charge in [0, 0.05) is 43.7 Å². The molecule has 1 aromatic heterocycles. The number of nitrogens with zero attached hydrogens (tertiary/aromatic N) is 3. The summed E-state index contributed by atoms with van der Waals surface area (Å²) in [5.74, 6) is 0.979. The molecule has 1 saturated heterocycles. The van der Waals surface area contributed by atoms with Crippen molar-refractivity contribution in [3.63, 3.8) is 0 Å². The zero-order chi connectivity index (χ0) is 14.1. The highest BCUT2D eigenvalue weighted by atomic mass is 16.6. The first-order valence-electron chi connectivity index (χ1n) is 6.66. The number of aryl methyl sites for hydroxylation is 1. The molecule has 0 atom stereocenters. The highest BCUT2D eigenvalue weighted by molar-refractivity contribution is 5.84. The first-order valence-corrected chi connectivity index (χ1v) is 6.66. The Morgan fingerprint density at radius 1 is 1.30 bits per heavy atom. The van der Waals surface area contributed by atoms with Crippen LogP contribution >= 0.6 is 0 Å². The topological polar surface area (TPSA) is 71.3 Å². The van der Waals surface area contributed by atoms with E-state index >= 15 is 0 Å². The van der Waals surface area contributed by atoms with Gasteiger partial charge in [-0.3, -0.25) is 10.1 Å². The number of hydrogen-bond acceptors (Lipinski definition) is 5. The molecule has 0 aliphatic carbocycles. The molecule has 0 amide bonds. The summed E-state index contributed by atoms with van der Waals surface area (Å²) in [6.07, 6.45) is 0. The number of nitro benzene ring substituents is 1. The van der Waals surface area contributed by atoms with Crippen molar-refractivity contribution >= 4 is 22.4 Å². The average molecular weight is 272 g/mol. The number of nitrogens with one attached hydrogen (secondary N) is 1. The van der Waals surface area contributed by atoms with Crippen LogP contribution in [0.1, 0.15) is 5.56 Å². The number of aromatic nitrogens is 1. The second-order valence-electron chi connectivity index (χ2n) is 5.00. The zero-order valence-electron chi connectivity index (χ0n) is 11.3. The number of anilines is 1. The van der Waals surface area contributed by atoms with Crippen LogP contribution in [-0.2, 0) is 0 Å². The molecule has 0 unspecified atom stereocenters. The molecule has 20 heavy (non-hydrogen) atoms. The number of benzene rings is 1. The number of fused-ring (bicyclic) bond motifs is 1. The maximum absolute atomic E-state index is 10.8. The molecule has 0 radical (unpaired) electrons. The molecule has 2 aromatic rings. The number of hydrogen-bond donors (Lipinski definition) is 1. The van der Waals surface area contributed by atoms with Crippen LogP contribution in [0.2, 0.25) is 0 Å². The lowest BCUT2D eigenvalue weighted by Crippen LogP contribution is -2.44. The summed E-state index contributed by atoms with van der Waals surface area (Å²) in [5, 5.41) is 14.9. The maximum atomic E-state index is 10.8. The minimum absolute atomic E-state index is 0.105. The van der Waals surface area contributed by atoms with Gasteiger partial charge >= 0.3 is 0 Å². The smallest absolute Gasteiger partial charge is 0.270 e. The van der Waals surface area contributed by atoms with Crippen molar-refractivity contribution in [1.82, 2.24) is 10.3 Å². The van der Waals surface area contributed by atoms with Crippen molar-refractivity contribution in [1.29, 1.82) is 0 Å². The quantitative estimate of drug-likeness (QED) is 0.667. The van der Waals surface area contributed by atoms with E-state index in [0.717, 1.165) is 48.5 Å². The minimum Gasteiger partial charge on any atom is -0.354 e. The van der Waals surface area contributed by atoms with Crippen LogP contribution in [0.15, 0.2) is 24.3 Å². The number of pyridine rings is 1. The second-order valence-corrected chi connectivity index (χ2v) is 5.00. The van der Waals surface area contributed by atoms with Gasteiger partial charge in [0.05, 0.1) is 10.4 Å². The predicted molar refractivity (Wildman–Crippen MR) is 78.2 cm³/mol. The standard InChI is InChI=1S/C14H16N4O2/c1-10-8-11-9-12(18(19)20)2-3-13(11)16-14(10)17-6-4-15-5-7-17/h2-3,8-9,15H,4-7H2,1H3. The Bertz CT molecular complexity index is 666. The first-order chi connectivity index (χ1) is 9.65. The predicted octanol–water partition coefficient (Wildman–Crippen LogP) is 1.86. The van der Waals surface area contributed by atoms with E-state index in [2.05, 4.69) is 15.2 Å². The molecule has 1 N–H and O–H groups in total. The van der Waals surface area contributed by atoms with E-state index < -0.39 is 0 Å². The largest absolute Gasteiger partial charge is 0.354 e. The summed E-state index contributed by atoms with van der Waals surface area (Å²) in [6, 6.07) is 6.79. The van der Waals surface area contributed by atoms with Gasteiger partial charge in [-0.25, -0.2) is 4.98 Å². The van der Waals surface area contributed by atoms with Crippen molar-refractivity contribution in [2.45, 2.75) is 6.92 Å². The molecule has 3 rings (SSSR count). The van der Waals surface area contributed by atoms with Gasteiger partial charge in [0.25, 0.3) is 5.69 Å². The zero-order valence-corrected chi connectivity index (χ0v) is 11.3. The summed E-state index contributed by atoms with van der Waals surface area (Å²) < 4.78 is 0. The van der Waals surface area contributed by atoms with Gasteiger partial charge in [-0.15, -0.1) is 0 Å². The molecule has 1 aliphatic rings. The fourth-order valence-corrected chi connectivity index (χ4v) is 2.57. The Kier molecular flexibility index (Phi) is 3.23. The molecule has 6 nitrogen and oxygen atoms in total. The molecule has 0 spiro atoms. The third-order valence-corrected chi connectivity index (χ3v) is 3.59. The van der Waals surface area contributed by atoms with E-state index in [4.69, 9.17) is 0 Å². The Labute approximate surface area is 116 Å². The molecule has 2 heterocycles. The summed E-state index contributed by atoms with van der Waals surface area (Å²) in [4.78, 5) is 17.4. The molecular formula is C14H16N4O2. The highest BCUT2D eigenvalue weighted by Gasteiger charge is 2.15. The van der Waals surface area contributed by atoms with Gasteiger partial charge in [-0.05, 0) is 24.6 Å². The third kappa shape index (κ3) is 2.30. The fourth-order valence-electron chi connectivity index (χ4n) is 2.57.